The van der Waals surface area contributed by atoms with Crippen molar-refractivity contribution in [3.05, 3.63) is 65.2 Å². The Morgan fingerprint density at radius 2 is 1.68 bits per heavy atom. The van der Waals surface area contributed by atoms with Crippen molar-refractivity contribution in [2.24, 2.45) is 5.73 Å². The normalized spacial score (nSPS) is 11.5. The molecule has 2 N–H and O–H groups in total. The van der Waals surface area contributed by atoms with Crippen molar-refractivity contribution >= 4 is 9.84 Å². The second kappa shape index (κ2) is 5.55. The Balaban J connectivity index is 2.34. The lowest BCUT2D eigenvalue weighted by Crippen LogP contribution is -2.07. The van der Waals surface area contributed by atoms with Crippen molar-refractivity contribution in [3.8, 4) is 0 Å². The molecule has 0 aliphatic rings. The van der Waals surface area contributed by atoms with Gasteiger partial charge in [-0.25, -0.2) is 8.42 Å². The van der Waals surface area contributed by atoms with E-state index in [4.69, 9.17) is 5.73 Å². The van der Waals surface area contributed by atoms with Gasteiger partial charge in [-0.3, -0.25) is 0 Å². The summed E-state index contributed by atoms with van der Waals surface area (Å²) in [6, 6.07) is 14.4. The van der Waals surface area contributed by atoms with Crippen molar-refractivity contribution in [1.29, 1.82) is 0 Å². The SMILES string of the molecule is Cc1ccccc1S(=O)(=O)Cc1cccc(CN)c1. The third-order valence-electron chi connectivity index (χ3n) is 3.01. The zero-order chi connectivity index (χ0) is 13.9. The quantitative estimate of drug-likeness (QED) is 0.932. The molecule has 0 saturated heterocycles. The molecule has 2 aromatic carbocycles. The number of aryl methyl sites for hydroxylation is 1. The van der Waals surface area contributed by atoms with Crippen LogP contribution in [0.2, 0.25) is 0 Å². The third-order valence-corrected chi connectivity index (χ3v) is 4.85. The predicted octanol–water partition coefficient (Wildman–Crippen LogP) is 2.43. The number of rotatable bonds is 4. The van der Waals surface area contributed by atoms with E-state index in [1.807, 2.05) is 43.3 Å². The summed E-state index contributed by atoms with van der Waals surface area (Å²) in [5, 5.41) is 0. The summed E-state index contributed by atoms with van der Waals surface area (Å²) < 4.78 is 24.8. The van der Waals surface area contributed by atoms with E-state index in [1.54, 1.807) is 12.1 Å². The van der Waals surface area contributed by atoms with E-state index in [-0.39, 0.29) is 5.75 Å². The van der Waals surface area contributed by atoms with Crippen LogP contribution in [0, 0.1) is 6.92 Å². The number of hydrogen-bond donors (Lipinski definition) is 1. The van der Waals surface area contributed by atoms with Gasteiger partial charge in [-0.15, -0.1) is 0 Å². The van der Waals surface area contributed by atoms with Gasteiger partial charge in [-0.1, -0.05) is 42.5 Å². The lowest BCUT2D eigenvalue weighted by atomic mass is 10.1. The van der Waals surface area contributed by atoms with Gasteiger partial charge in [0.25, 0.3) is 0 Å². The Bertz CT molecular complexity index is 678. The minimum Gasteiger partial charge on any atom is -0.326 e. The van der Waals surface area contributed by atoms with Crippen LogP contribution in [0.5, 0.6) is 0 Å². The highest BCUT2D eigenvalue weighted by molar-refractivity contribution is 7.90. The number of benzene rings is 2. The minimum absolute atomic E-state index is 0.00565. The Morgan fingerprint density at radius 1 is 1.00 bits per heavy atom. The van der Waals surface area contributed by atoms with Crippen LogP contribution in [0.1, 0.15) is 16.7 Å². The molecule has 19 heavy (non-hydrogen) atoms. The standard InChI is InChI=1S/C15H17NO2S/c1-12-5-2-3-8-15(12)19(17,18)11-14-7-4-6-13(9-14)10-16/h2-9H,10-11,16H2,1H3. The summed E-state index contributed by atoms with van der Waals surface area (Å²) in [5.41, 5.74) is 8.06. The maximum absolute atomic E-state index is 12.4. The Hall–Kier alpha value is -1.65. The average Bonchev–Trinajstić information content (AvgIpc) is 2.38. The van der Waals surface area contributed by atoms with Crippen molar-refractivity contribution in [2.45, 2.75) is 24.1 Å². The van der Waals surface area contributed by atoms with E-state index in [9.17, 15) is 8.42 Å². The van der Waals surface area contributed by atoms with Crippen LogP contribution in [0.25, 0.3) is 0 Å². The van der Waals surface area contributed by atoms with Gasteiger partial charge in [-0.05, 0) is 29.7 Å². The van der Waals surface area contributed by atoms with Crippen LogP contribution in [0.15, 0.2) is 53.4 Å². The maximum atomic E-state index is 12.4. The molecule has 0 amide bonds. The lowest BCUT2D eigenvalue weighted by molar-refractivity contribution is 0.594. The van der Waals surface area contributed by atoms with E-state index in [0.717, 1.165) is 16.7 Å². The van der Waals surface area contributed by atoms with Crippen LogP contribution < -0.4 is 5.73 Å². The van der Waals surface area contributed by atoms with Gasteiger partial charge in [0, 0.05) is 6.54 Å². The first-order chi connectivity index (χ1) is 9.03. The second-order valence-electron chi connectivity index (χ2n) is 4.55. The number of hydrogen-bond acceptors (Lipinski definition) is 3. The van der Waals surface area contributed by atoms with E-state index in [1.165, 1.54) is 0 Å². The summed E-state index contributed by atoms with van der Waals surface area (Å²) in [5.74, 6) is 0.00565. The first-order valence-corrected chi connectivity index (χ1v) is 7.74. The molecule has 2 rings (SSSR count). The molecule has 0 aromatic heterocycles. The summed E-state index contributed by atoms with van der Waals surface area (Å²) >= 11 is 0. The molecule has 2 aromatic rings. The van der Waals surface area contributed by atoms with Crippen LogP contribution in [-0.4, -0.2) is 8.42 Å². The van der Waals surface area contributed by atoms with E-state index < -0.39 is 9.84 Å². The molecule has 0 unspecified atom stereocenters. The molecule has 0 radical (unpaired) electrons. The van der Waals surface area contributed by atoms with Crippen LogP contribution >= 0.6 is 0 Å². The molecular weight excluding hydrogens is 258 g/mol. The highest BCUT2D eigenvalue weighted by atomic mass is 32.2. The largest absolute Gasteiger partial charge is 0.326 e. The molecular formula is C15H17NO2S. The summed E-state index contributed by atoms with van der Waals surface area (Å²) in [7, 11) is -3.31. The molecule has 3 nitrogen and oxygen atoms in total. The van der Waals surface area contributed by atoms with Gasteiger partial charge in [0.2, 0.25) is 0 Å². The van der Waals surface area contributed by atoms with Gasteiger partial charge in [0.05, 0.1) is 10.6 Å². The lowest BCUT2D eigenvalue weighted by Gasteiger charge is -2.08. The fourth-order valence-corrected chi connectivity index (χ4v) is 3.67. The maximum Gasteiger partial charge on any atom is 0.182 e. The van der Waals surface area contributed by atoms with Gasteiger partial charge in [-0.2, -0.15) is 0 Å². The molecule has 0 spiro atoms. The van der Waals surface area contributed by atoms with E-state index in [2.05, 4.69) is 0 Å². The predicted molar refractivity (Wildman–Crippen MR) is 76.4 cm³/mol. The fraction of sp³-hybridized carbons (Fsp3) is 0.200. The summed E-state index contributed by atoms with van der Waals surface area (Å²) in [6.07, 6.45) is 0. The molecule has 100 valence electrons. The van der Waals surface area contributed by atoms with Crippen molar-refractivity contribution < 1.29 is 8.42 Å². The fourth-order valence-electron chi connectivity index (χ4n) is 2.05. The molecule has 0 aliphatic carbocycles. The summed E-state index contributed by atoms with van der Waals surface area (Å²) in [4.78, 5) is 0.396. The van der Waals surface area contributed by atoms with Crippen molar-refractivity contribution in [2.75, 3.05) is 0 Å². The monoisotopic (exact) mass is 275 g/mol. The van der Waals surface area contributed by atoms with Gasteiger partial charge in [0.15, 0.2) is 9.84 Å². The molecule has 0 bridgehead atoms. The van der Waals surface area contributed by atoms with Gasteiger partial charge < -0.3 is 5.73 Å². The Labute approximate surface area is 114 Å². The van der Waals surface area contributed by atoms with Crippen LogP contribution in [-0.2, 0) is 22.1 Å². The Morgan fingerprint density at radius 3 is 2.37 bits per heavy atom. The Kier molecular flexibility index (Phi) is 4.02. The minimum atomic E-state index is -3.31. The number of sulfone groups is 1. The van der Waals surface area contributed by atoms with Crippen LogP contribution in [0.3, 0.4) is 0 Å². The molecule has 0 heterocycles. The van der Waals surface area contributed by atoms with E-state index in [0.29, 0.717) is 11.4 Å². The highest BCUT2D eigenvalue weighted by Gasteiger charge is 2.17. The molecule has 4 heteroatoms. The zero-order valence-electron chi connectivity index (χ0n) is 10.8. The third kappa shape index (κ3) is 3.22. The summed E-state index contributed by atoms with van der Waals surface area (Å²) in [6.45, 7) is 2.22. The van der Waals surface area contributed by atoms with Crippen LogP contribution in [0.4, 0.5) is 0 Å². The first kappa shape index (κ1) is 13.8. The molecule has 0 aliphatic heterocycles. The second-order valence-corrected chi connectivity index (χ2v) is 6.51. The topological polar surface area (TPSA) is 60.2 Å². The smallest absolute Gasteiger partial charge is 0.182 e. The zero-order valence-corrected chi connectivity index (χ0v) is 11.7. The molecule has 0 atom stereocenters. The first-order valence-electron chi connectivity index (χ1n) is 6.09. The van der Waals surface area contributed by atoms with Gasteiger partial charge in [0.1, 0.15) is 0 Å². The van der Waals surface area contributed by atoms with Gasteiger partial charge >= 0.3 is 0 Å². The molecule has 0 saturated carbocycles. The molecule has 0 fully saturated rings. The highest BCUT2D eigenvalue weighted by Crippen LogP contribution is 2.20. The van der Waals surface area contributed by atoms with Crippen molar-refractivity contribution in [1.82, 2.24) is 0 Å². The average molecular weight is 275 g/mol. The number of nitrogens with two attached hydrogens (primary N) is 1. The van der Waals surface area contributed by atoms with E-state index >= 15 is 0 Å². The van der Waals surface area contributed by atoms with Crippen molar-refractivity contribution in [3.63, 3.8) is 0 Å².